The Labute approximate surface area is 144 Å². The average Bonchev–Trinajstić information content (AvgIpc) is 3.08. The Morgan fingerprint density at radius 1 is 1.12 bits per heavy atom. The number of aryl methyl sites for hydroxylation is 1. The second-order valence-corrected chi connectivity index (χ2v) is 5.65. The van der Waals surface area contributed by atoms with Crippen LogP contribution in [-0.4, -0.2) is 25.2 Å². The number of halogens is 1. The van der Waals surface area contributed by atoms with Crippen LogP contribution >= 0.6 is 11.6 Å². The highest BCUT2D eigenvalue weighted by Gasteiger charge is 2.21. The molecule has 0 atom stereocenters. The summed E-state index contributed by atoms with van der Waals surface area (Å²) in [5.41, 5.74) is 1.85. The van der Waals surface area contributed by atoms with Crippen molar-refractivity contribution in [3.8, 4) is 11.5 Å². The molecule has 3 rings (SSSR count). The first-order chi connectivity index (χ1) is 11.6. The molecule has 0 N–H and O–H groups in total. The van der Waals surface area contributed by atoms with E-state index in [0.717, 1.165) is 12.0 Å². The molecule has 1 aliphatic rings. The zero-order valence-corrected chi connectivity index (χ0v) is 13.8. The number of rotatable bonds is 5. The molecular weight excluding hydrogens is 332 g/mol. The number of ketones is 1. The second kappa shape index (κ2) is 6.93. The lowest BCUT2D eigenvalue weighted by Gasteiger charge is -2.07. The van der Waals surface area contributed by atoms with E-state index in [0.29, 0.717) is 17.1 Å². The number of hydrogen-bond acceptors (Lipinski definition) is 5. The van der Waals surface area contributed by atoms with Crippen LogP contribution < -0.4 is 9.47 Å². The van der Waals surface area contributed by atoms with E-state index in [1.54, 1.807) is 12.1 Å². The maximum absolute atomic E-state index is 12.1. The minimum atomic E-state index is -0.645. The van der Waals surface area contributed by atoms with E-state index in [9.17, 15) is 9.59 Å². The van der Waals surface area contributed by atoms with Crippen LogP contribution in [0.15, 0.2) is 36.4 Å². The van der Waals surface area contributed by atoms with Gasteiger partial charge in [0.05, 0.1) is 10.6 Å². The van der Waals surface area contributed by atoms with Crippen molar-refractivity contribution in [3.63, 3.8) is 0 Å². The fraction of sp³-hybridized carbons (Fsp3) is 0.222. The van der Waals surface area contributed by atoms with Crippen LogP contribution in [0.1, 0.15) is 33.2 Å². The van der Waals surface area contributed by atoms with E-state index in [1.165, 1.54) is 12.1 Å². The van der Waals surface area contributed by atoms with Crippen molar-refractivity contribution in [2.24, 2.45) is 0 Å². The van der Waals surface area contributed by atoms with Crippen molar-refractivity contribution >= 4 is 23.4 Å². The van der Waals surface area contributed by atoms with Gasteiger partial charge in [0.2, 0.25) is 6.79 Å². The summed E-state index contributed by atoms with van der Waals surface area (Å²) >= 11 is 6.03. The number of fused-ring (bicyclic) bond motifs is 1. The van der Waals surface area contributed by atoms with Crippen molar-refractivity contribution in [1.29, 1.82) is 0 Å². The van der Waals surface area contributed by atoms with Gasteiger partial charge < -0.3 is 14.2 Å². The molecule has 0 radical (unpaired) electrons. The molecule has 24 heavy (non-hydrogen) atoms. The third kappa shape index (κ3) is 3.36. The molecule has 0 amide bonds. The molecule has 5 nitrogen and oxygen atoms in total. The van der Waals surface area contributed by atoms with Gasteiger partial charge in [-0.05, 0) is 24.1 Å². The quantitative estimate of drug-likeness (QED) is 0.610. The normalized spacial score (nSPS) is 12.1. The largest absolute Gasteiger partial charge is 0.454 e. The molecule has 6 heteroatoms. The van der Waals surface area contributed by atoms with Crippen LogP contribution in [0.2, 0.25) is 5.02 Å². The number of hydrogen-bond donors (Lipinski definition) is 0. The van der Waals surface area contributed by atoms with Crippen molar-refractivity contribution in [2.45, 2.75) is 13.3 Å². The zero-order chi connectivity index (χ0) is 17.1. The number of esters is 1. The van der Waals surface area contributed by atoms with Crippen LogP contribution in [0.3, 0.4) is 0 Å². The third-order valence-corrected chi connectivity index (χ3v) is 3.96. The Hall–Kier alpha value is -2.53. The summed E-state index contributed by atoms with van der Waals surface area (Å²) in [5, 5.41) is 0.262. The Bertz CT molecular complexity index is 783. The van der Waals surface area contributed by atoms with Gasteiger partial charge in [0, 0.05) is 5.56 Å². The topological polar surface area (TPSA) is 61.8 Å². The van der Waals surface area contributed by atoms with Gasteiger partial charge in [-0.2, -0.15) is 0 Å². The summed E-state index contributed by atoms with van der Waals surface area (Å²) in [6, 6.07) is 10.1. The molecule has 0 unspecified atom stereocenters. The molecule has 0 spiro atoms. The predicted octanol–water partition coefficient (Wildman–Crippen LogP) is 3.67. The SMILES string of the molecule is CCc1ccc(C(=O)COC(=O)c2cc(Cl)c3c(c2)OCO3)cc1. The minimum absolute atomic E-state index is 0.0554. The predicted molar refractivity (Wildman–Crippen MR) is 88.0 cm³/mol. The first-order valence-electron chi connectivity index (χ1n) is 7.47. The van der Waals surface area contributed by atoms with E-state index < -0.39 is 5.97 Å². The number of benzene rings is 2. The first kappa shape index (κ1) is 16.3. The van der Waals surface area contributed by atoms with Gasteiger partial charge in [-0.25, -0.2) is 4.79 Å². The van der Waals surface area contributed by atoms with E-state index in [-0.39, 0.29) is 29.8 Å². The molecule has 0 aliphatic carbocycles. The number of ether oxygens (including phenoxy) is 3. The molecule has 124 valence electrons. The monoisotopic (exact) mass is 346 g/mol. The molecule has 0 saturated heterocycles. The van der Waals surface area contributed by atoms with Crippen LogP contribution in [0.25, 0.3) is 0 Å². The lowest BCUT2D eigenvalue weighted by molar-refractivity contribution is 0.0474. The van der Waals surface area contributed by atoms with Gasteiger partial charge in [-0.3, -0.25) is 4.79 Å². The summed E-state index contributed by atoms with van der Waals surface area (Å²) in [5.74, 6) is -0.122. The lowest BCUT2D eigenvalue weighted by Crippen LogP contribution is -2.14. The van der Waals surface area contributed by atoms with Gasteiger partial charge in [-0.15, -0.1) is 0 Å². The van der Waals surface area contributed by atoms with Crippen LogP contribution in [0.4, 0.5) is 0 Å². The van der Waals surface area contributed by atoms with Crippen molar-refractivity contribution in [1.82, 2.24) is 0 Å². The zero-order valence-electron chi connectivity index (χ0n) is 13.0. The summed E-state index contributed by atoms with van der Waals surface area (Å²) in [6.07, 6.45) is 0.897. The molecule has 0 bridgehead atoms. The maximum atomic E-state index is 12.1. The second-order valence-electron chi connectivity index (χ2n) is 5.24. The van der Waals surface area contributed by atoms with Crippen LogP contribution in [-0.2, 0) is 11.2 Å². The Balaban J connectivity index is 1.65. The maximum Gasteiger partial charge on any atom is 0.338 e. The first-order valence-corrected chi connectivity index (χ1v) is 7.84. The molecule has 1 heterocycles. The third-order valence-electron chi connectivity index (χ3n) is 3.68. The van der Waals surface area contributed by atoms with Gasteiger partial charge in [0.25, 0.3) is 0 Å². The van der Waals surface area contributed by atoms with Crippen LogP contribution in [0, 0.1) is 0 Å². The fourth-order valence-electron chi connectivity index (χ4n) is 2.31. The molecule has 2 aromatic carbocycles. The lowest BCUT2D eigenvalue weighted by atomic mass is 10.1. The minimum Gasteiger partial charge on any atom is -0.454 e. The van der Waals surface area contributed by atoms with Crippen molar-refractivity contribution < 1.29 is 23.8 Å². The highest BCUT2D eigenvalue weighted by atomic mass is 35.5. The van der Waals surface area contributed by atoms with E-state index in [2.05, 4.69) is 0 Å². The summed E-state index contributed by atoms with van der Waals surface area (Å²) in [4.78, 5) is 24.2. The van der Waals surface area contributed by atoms with Gasteiger partial charge >= 0.3 is 5.97 Å². The van der Waals surface area contributed by atoms with E-state index >= 15 is 0 Å². The number of carbonyl (C=O) groups is 2. The molecule has 0 aromatic heterocycles. The van der Waals surface area contributed by atoms with Gasteiger partial charge in [-0.1, -0.05) is 42.8 Å². The molecule has 2 aromatic rings. The van der Waals surface area contributed by atoms with Gasteiger partial charge in [0.1, 0.15) is 0 Å². The Morgan fingerprint density at radius 2 is 1.88 bits per heavy atom. The van der Waals surface area contributed by atoms with Crippen molar-refractivity contribution in [3.05, 3.63) is 58.1 Å². The molecular formula is C18H15ClO5. The Morgan fingerprint density at radius 3 is 2.58 bits per heavy atom. The summed E-state index contributed by atoms with van der Waals surface area (Å²) < 4.78 is 15.5. The van der Waals surface area contributed by atoms with E-state index in [4.69, 9.17) is 25.8 Å². The standard InChI is InChI=1S/C18H15ClO5/c1-2-11-3-5-12(6-4-11)15(20)9-22-18(21)13-7-14(19)17-16(8-13)23-10-24-17/h3-8H,2,9-10H2,1H3. The molecule has 0 fully saturated rings. The highest BCUT2D eigenvalue weighted by Crippen LogP contribution is 2.39. The highest BCUT2D eigenvalue weighted by molar-refractivity contribution is 6.32. The molecule has 0 saturated carbocycles. The summed E-state index contributed by atoms with van der Waals surface area (Å²) in [6.45, 7) is 1.76. The fourth-order valence-corrected chi connectivity index (χ4v) is 2.57. The Kier molecular flexibility index (Phi) is 4.71. The van der Waals surface area contributed by atoms with Gasteiger partial charge in [0.15, 0.2) is 23.9 Å². The van der Waals surface area contributed by atoms with Crippen LogP contribution in [0.5, 0.6) is 11.5 Å². The van der Waals surface area contributed by atoms with E-state index in [1.807, 2.05) is 19.1 Å². The average molecular weight is 347 g/mol. The smallest absolute Gasteiger partial charge is 0.338 e. The molecule has 1 aliphatic heterocycles. The number of carbonyl (C=O) groups excluding carboxylic acids is 2. The summed E-state index contributed by atoms with van der Waals surface area (Å²) in [7, 11) is 0. The number of Topliss-reactive ketones (excluding diaryl/α,β-unsaturated/α-hetero) is 1. The van der Waals surface area contributed by atoms with Crippen molar-refractivity contribution in [2.75, 3.05) is 13.4 Å².